The van der Waals surface area contributed by atoms with E-state index in [2.05, 4.69) is 41.4 Å². The number of nitrogens with two attached hydrogens (primary N) is 1. The normalized spacial score (nSPS) is 10.5. The second-order valence-electron chi connectivity index (χ2n) is 3.26. The zero-order chi connectivity index (χ0) is 10.7. The summed E-state index contributed by atoms with van der Waals surface area (Å²) in [4.78, 5) is 0. The van der Waals surface area contributed by atoms with Gasteiger partial charge < -0.3 is 5.73 Å². The van der Waals surface area contributed by atoms with Gasteiger partial charge in [-0.3, -0.25) is 0 Å². The molecule has 0 saturated carbocycles. The maximum absolute atomic E-state index is 5.49. The molecule has 0 aliphatic rings. The molecule has 0 atom stereocenters. The fourth-order valence-electron chi connectivity index (χ4n) is 1.34. The quantitative estimate of drug-likeness (QED) is 0.861. The van der Waals surface area contributed by atoms with Crippen LogP contribution in [0.5, 0.6) is 0 Å². The van der Waals surface area contributed by atoms with E-state index in [0.29, 0.717) is 6.54 Å². The number of benzene rings is 1. The minimum absolute atomic E-state index is 0.463. The molecule has 1 aromatic heterocycles. The Morgan fingerprint density at radius 2 is 1.93 bits per heavy atom. The van der Waals surface area contributed by atoms with Gasteiger partial charge in [-0.1, -0.05) is 42.5 Å². The Morgan fingerprint density at radius 3 is 2.47 bits per heavy atom. The van der Waals surface area contributed by atoms with E-state index in [4.69, 9.17) is 5.73 Å². The van der Waals surface area contributed by atoms with Gasteiger partial charge in [-0.05, 0) is 12.0 Å². The summed E-state index contributed by atoms with van der Waals surface area (Å²) < 4.78 is 0. The first kappa shape index (κ1) is 10.3. The van der Waals surface area contributed by atoms with Crippen LogP contribution in [0, 0.1) is 0 Å². The predicted octanol–water partition coefficient (Wildman–Crippen LogP) is 2.23. The Kier molecular flexibility index (Phi) is 3.08. The molecule has 3 nitrogen and oxygen atoms in total. The molecule has 1 aromatic carbocycles. The minimum Gasteiger partial charge on any atom is -0.324 e. The third-order valence-electron chi connectivity index (χ3n) is 2.25. The van der Waals surface area contributed by atoms with E-state index in [1.807, 2.05) is 0 Å². The van der Waals surface area contributed by atoms with Gasteiger partial charge in [-0.25, -0.2) is 0 Å². The highest BCUT2D eigenvalue weighted by molar-refractivity contribution is 7.14. The Hall–Kier alpha value is -1.26. The lowest BCUT2D eigenvalue weighted by atomic mass is 10.1. The van der Waals surface area contributed by atoms with E-state index >= 15 is 0 Å². The molecule has 2 aromatic rings. The van der Waals surface area contributed by atoms with Crippen molar-refractivity contribution in [1.29, 1.82) is 0 Å². The molecule has 0 bridgehead atoms. The summed E-state index contributed by atoms with van der Waals surface area (Å²) in [7, 11) is 0. The highest BCUT2D eigenvalue weighted by Crippen LogP contribution is 2.23. The van der Waals surface area contributed by atoms with Crippen LogP contribution in [-0.2, 0) is 13.0 Å². The molecule has 15 heavy (non-hydrogen) atoms. The van der Waals surface area contributed by atoms with Gasteiger partial charge in [-0.15, -0.1) is 10.2 Å². The summed E-state index contributed by atoms with van der Waals surface area (Å²) in [6.07, 6.45) is 1.06. The number of aromatic nitrogens is 2. The van der Waals surface area contributed by atoms with Crippen LogP contribution < -0.4 is 5.73 Å². The lowest BCUT2D eigenvalue weighted by molar-refractivity contribution is 0.960. The highest BCUT2D eigenvalue weighted by Gasteiger charge is 2.04. The summed E-state index contributed by atoms with van der Waals surface area (Å²) in [5.41, 5.74) is 7.95. The van der Waals surface area contributed by atoms with Gasteiger partial charge in [0.1, 0.15) is 10.0 Å². The van der Waals surface area contributed by atoms with Gasteiger partial charge in [0.05, 0.1) is 0 Å². The van der Waals surface area contributed by atoms with E-state index in [9.17, 15) is 0 Å². The predicted molar refractivity (Wildman–Crippen MR) is 62.6 cm³/mol. The molecular weight excluding hydrogens is 206 g/mol. The third-order valence-corrected chi connectivity index (χ3v) is 3.25. The standard InChI is InChI=1S/C11H13N3S/c1-2-8-3-5-9(6-4-8)11-14-13-10(7-12)15-11/h3-6H,2,7,12H2,1H3. The van der Waals surface area contributed by atoms with Gasteiger partial charge >= 0.3 is 0 Å². The van der Waals surface area contributed by atoms with Crippen LogP contribution >= 0.6 is 11.3 Å². The first-order valence-corrected chi connectivity index (χ1v) is 5.77. The molecule has 0 spiro atoms. The molecule has 0 radical (unpaired) electrons. The van der Waals surface area contributed by atoms with Crippen LogP contribution in [0.1, 0.15) is 17.5 Å². The summed E-state index contributed by atoms with van der Waals surface area (Å²) in [5, 5.41) is 9.92. The molecule has 0 unspecified atom stereocenters. The highest BCUT2D eigenvalue weighted by atomic mass is 32.1. The second kappa shape index (κ2) is 4.51. The fourth-order valence-corrected chi connectivity index (χ4v) is 2.06. The maximum Gasteiger partial charge on any atom is 0.147 e. The number of hydrogen-bond acceptors (Lipinski definition) is 4. The van der Waals surface area contributed by atoms with Gasteiger partial charge in [-0.2, -0.15) is 0 Å². The van der Waals surface area contributed by atoms with E-state index < -0.39 is 0 Å². The molecule has 1 heterocycles. The molecule has 0 aliphatic heterocycles. The average molecular weight is 219 g/mol. The summed E-state index contributed by atoms with van der Waals surface area (Å²) >= 11 is 1.55. The van der Waals surface area contributed by atoms with Crippen molar-refractivity contribution in [2.24, 2.45) is 5.73 Å². The van der Waals surface area contributed by atoms with E-state index in [0.717, 1.165) is 22.0 Å². The summed E-state index contributed by atoms with van der Waals surface area (Å²) in [5.74, 6) is 0. The van der Waals surface area contributed by atoms with Crippen LogP contribution in [0.3, 0.4) is 0 Å². The maximum atomic E-state index is 5.49. The zero-order valence-corrected chi connectivity index (χ0v) is 9.42. The first-order chi connectivity index (χ1) is 7.33. The third kappa shape index (κ3) is 2.22. The molecule has 0 fully saturated rings. The molecular formula is C11H13N3S. The molecule has 78 valence electrons. The van der Waals surface area contributed by atoms with Crippen LogP contribution in [-0.4, -0.2) is 10.2 Å². The van der Waals surface area contributed by atoms with E-state index in [-0.39, 0.29) is 0 Å². The van der Waals surface area contributed by atoms with Crippen LogP contribution in [0.25, 0.3) is 10.6 Å². The number of aryl methyl sites for hydroxylation is 1. The van der Waals surface area contributed by atoms with Crippen molar-refractivity contribution in [3.8, 4) is 10.6 Å². The lowest BCUT2D eigenvalue weighted by Gasteiger charge is -1.97. The number of rotatable bonds is 3. The first-order valence-electron chi connectivity index (χ1n) is 4.95. The molecule has 4 heteroatoms. The molecule has 0 aliphatic carbocycles. The van der Waals surface area contributed by atoms with Crippen LogP contribution in [0.15, 0.2) is 24.3 Å². The Bertz CT molecular complexity index is 433. The lowest BCUT2D eigenvalue weighted by Crippen LogP contribution is -1.94. The monoisotopic (exact) mass is 219 g/mol. The van der Waals surface area contributed by atoms with Gasteiger partial charge in [0.2, 0.25) is 0 Å². The number of hydrogen-bond donors (Lipinski definition) is 1. The van der Waals surface area contributed by atoms with E-state index in [1.54, 1.807) is 11.3 Å². The zero-order valence-electron chi connectivity index (χ0n) is 8.60. The SMILES string of the molecule is CCc1ccc(-c2nnc(CN)s2)cc1. The summed E-state index contributed by atoms with van der Waals surface area (Å²) in [6, 6.07) is 8.41. The van der Waals surface area contributed by atoms with Crippen LogP contribution in [0.4, 0.5) is 0 Å². The molecule has 0 saturated heterocycles. The molecule has 2 rings (SSSR count). The van der Waals surface area contributed by atoms with Crippen molar-refractivity contribution >= 4 is 11.3 Å². The Labute approximate surface area is 93.0 Å². The van der Waals surface area contributed by atoms with Crippen molar-refractivity contribution in [3.63, 3.8) is 0 Å². The minimum atomic E-state index is 0.463. The second-order valence-corrected chi connectivity index (χ2v) is 4.32. The van der Waals surface area contributed by atoms with Crippen molar-refractivity contribution in [1.82, 2.24) is 10.2 Å². The van der Waals surface area contributed by atoms with Gasteiger partial charge in [0, 0.05) is 12.1 Å². The number of nitrogens with zero attached hydrogens (tertiary/aromatic N) is 2. The van der Waals surface area contributed by atoms with Crippen molar-refractivity contribution in [2.45, 2.75) is 19.9 Å². The van der Waals surface area contributed by atoms with E-state index in [1.165, 1.54) is 5.56 Å². The largest absolute Gasteiger partial charge is 0.324 e. The average Bonchev–Trinajstić information content (AvgIpc) is 2.78. The Morgan fingerprint density at radius 1 is 1.20 bits per heavy atom. The Balaban J connectivity index is 2.28. The topological polar surface area (TPSA) is 51.8 Å². The fraction of sp³-hybridized carbons (Fsp3) is 0.273. The summed E-state index contributed by atoms with van der Waals surface area (Å²) in [6.45, 7) is 2.61. The molecule has 2 N–H and O–H groups in total. The van der Waals surface area contributed by atoms with Crippen molar-refractivity contribution in [3.05, 3.63) is 34.8 Å². The van der Waals surface area contributed by atoms with Gasteiger partial charge in [0.15, 0.2) is 0 Å². The van der Waals surface area contributed by atoms with Crippen molar-refractivity contribution in [2.75, 3.05) is 0 Å². The molecule has 0 amide bonds. The smallest absolute Gasteiger partial charge is 0.147 e. The van der Waals surface area contributed by atoms with Crippen molar-refractivity contribution < 1.29 is 0 Å². The van der Waals surface area contributed by atoms with Crippen LogP contribution in [0.2, 0.25) is 0 Å². The van der Waals surface area contributed by atoms with Gasteiger partial charge in [0.25, 0.3) is 0 Å².